The first kappa shape index (κ1) is 11.0. The molecule has 0 saturated heterocycles. The van der Waals surface area contributed by atoms with Crippen LogP contribution in [0, 0.1) is 0 Å². The molecule has 0 aliphatic carbocycles. The molecule has 0 fully saturated rings. The topological polar surface area (TPSA) is 31.2 Å². The van der Waals surface area contributed by atoms with E-state index < -0.39 is 0 Å². The van der Waals surface area contributed by atoms with Crippen LogP contribution in [0.5, 0.6) is 0 Å². The van der Waals surface area contributed by atoms with Gasteiger partial charge in [-0.1, -0.05) is 18.2 Å². The van der Waals surface area contributed by atoms with E-state index in [1.165, 1.54) is 7.11 Å². The Morgan fingerprint density at radius 1 is 1.31 bits per heavy atom. The van der Waals surface area contributed by atoms with Crippen LogP contribution in [0.3, 0.4) is 0 Å². The van der Waals surface area contributed by atoms with Gasteiger partial charge in [0.15, 0.2) is 0 Å². The van der Waals surface area contributed by atoms with Crippen molar-refractivity contribution in [2.24, 2.45) is 0 Å². The second kappa shape index (κ2) is 4.53. The van der Waals surface area contributed by atoms with Crippen LogP contribution in [0.4, 0.5) is 0 Å². The number of carbonyl (C=O) groups excluding carboxylic acids is 1. The second-order valence-electron chi connectivity index (χ2n) is 3.24. The molecular weight excluding hydrogens is 270 g/mol. The first-order valence-electron chi connectivity index (χ1n) is 4.74. The minimum atomic E-state index is -0.352. The molecule has 1 heterocycles. The number of esters is 1. The van der Waals surface area contributed by atoms with Crippen LogP contribution in [0.1, 0.15) is 10.5 Å². The highest BCUT2D eigenvalue weighted by Crippen LogP contribution is 2.20. The van der Waals surface area contributed by atoms with Crippen LogP contribution in [0.15, 0.2) is 47.1 Å². The molecule has 16 heavy (non-hydrogen) atoms. The molecule has 0 N–H and O–H groups in total. The smallest absolute Gasteiger partial charge is 0.355 e. The number of benzene rings is 1. The lowest BCUT2D eigenvalue weighted by Gasteiger charge is -2.06. The molecular formula is C12H10BrNO2. The third-order valence-electron chi connectivity index (χ3n) is 2.22. The third-order valence-corrected chi connectivity index (χ3v) is 2.65. The molecule has 2 rings (SSSR count). The first-order chi connectivity index (χ1) is 7.72. The van der Waals surface area contributed by atoms with Crippen molar-refractivity contribution < 1.29 is 9.53 Å². The van der Waals surface area contributed by atoms with Crippen molar-refractivity contribution in [3.8, 4) is 5.69 Å². The van der Waals surface area contributed by atoms with Gasteiger partial charge in [-0.05, 0) is 34.1 Å². The molecule has 0 amide bonds. The lowest BCUT2D eigenvalue weighted by molar-refractivity contribution is 0.0591. The first-order valence-corrected chi connectivity index (χ1v) is 5.53. The molecule has 4 heteroatoms. The predicted octanol–water partition coefficient (Wildman–Crippen LogP) is 3.03. The van der Waals surface area contributed by atoms with Crippen LogP contribution in [0.25, 0.3) is 5.69 Å². The highest BCUT2D eigenvalue weighted by Gasteiger charge is 2.13. The molecule has 1 aromatic heterocycles. The monoisotopic (exact) mass is 279 g/mol. The van der Waals surface area contributed by atoms with E-state index in [4.69, 9.17) is 4.74 Å². The molecule has 0 radical (unpaired) electrons. The quantitative estimate of drug-likeness (QED) is 0.792. The minimum absolute atomic E-state index is 0.352. The molecule has 0 atom stereocenters. The lowest BCUT2D eigenvalue weighted by atomic mass is 10.3. The van der Waals surface area contributed by atoms with Gasteiger partial charge in [-0.2, -0.15) is 0 Å². The van der Waals surface area contributed by atoms with Gasteiger partial charge in [-0.15, -0.1) is 0 Å². The van der Waals surface area contributed by atoms with E-state index in [1.54, 1.807) is 10.6 Å². The van der Waals surface area contributed by atoms with Gasteiger partial charge in [-0.25, -0.2) is 4.79 Å². The summed E-state index contributed by atoms with van der Waals surface area (Å²) >= 11 is 3.35. The largest absolute Gasteiger partial charge is 0.464 e. The molecule has 0 aliphatic heterocycles. The maximum atomic E-state index is 11.6. The predicted molar refractivity (Wildman–Crippen MR) is 64.8 cm³/mol. The van der Waals surface area contributed by atoms with E-state index in [2.05, 4.69) is 15.9 Å². The SMILES string of the molecule is COC(=O)c1cc(Br)cn1-c1ccccc1. The summed E-state index contributed by atoms with van der Waals surface area (Å²) in [6, 6.07) is 11.4. The normalized spacial score (nSPS) is 10.1. The fraction of sp³-hybridized carbons (Fsp3) is 0.0833. The van der Waals surface area contributed by atoms with Gasteiger partial charge < -0.3 is 9.30 Å². The number of nitrogens with zero attached hydrogens (tertiary/aromatic N) is 1. The Bertz CT molecular complexity index is 505. The number of rotatable bonds is 2. The van der Waals surface area contributed by atoms with Gasteiger partial charge in [0.05, 0.1) is 7.11 Å². The van der Waals surface area contributed by atoms with Crippen LogP contribution in [-0.4, -0.2) is 17.6 Å². The Balaban J connectivity index is 2.53. The molecule has 0 unspecified atom stereocenters. The number of aromatic nitrogens is 1. The number of hydrogen-bond acceptors (Lipinski definition) is 2. The van der Waals surface area contributed by atoms with Crippen LogP contribution in [-0.2, 0) is 4.74 Å². The fourth-order valence-corrected chi connectivity index (χ4v) is 1.92. The minimum Gasteiger partial charge on any atom is -0.464 e. The molecule has 3 nitrogen and oxygen atoms in total. The van der Waals surface area contributed by atoms with Crippen molar-refractivity contribution in [1.82, 2.24) is 4.57 Å². The number of carbonyl (C=O) groups is 1. The van der Waals surface area contributed by atoms with Crippen LogP contribution >= 0.6 is 15.9 Å². The molecule has 1 aromatic carbocycles. The average Bonchev–Trinajstić information content (AvgIpc) is 2.71. The summed E-state index contributed by atoms with van der Waals surface area (Å²) in [5, 5.41) is 0. The van der Waals surface area contributed by atoms with Crippen molar-refractivity contribution in [3.63, 3.8) is 0 Å². The second-order valence-corrected chi connectivity index (χ2v) is 4.16. The number of ether oxygens (including phenoxy) is 1. The number of para-hydroxylation sites is 1. The maximum absolute atomic E-state index is 11.6. The Morgan fingerprint density at radius 2 is 2.00 bits per heavy atom. The van der Waals surface area contributed by atoms with Gasteiger partial charge in [0.2, 0.25) is 0 Å². The molecule has 0 saturated carbocycles. The Hall–Kier alpha value is -1.55. The van der Waals surface area contributed by atoms with Crippen molar-refractivity contribution in [2.75, 3.05) is 7.11 Å². The van der Waals surface area contributed by atoms with E-state index in [1.807, 2.05) is 36.5 Å². The summed E-state index contributed by atoms with van der Waals surface area (Å²) in [4.78, 5) is 11.6. The van der Waals surface area contributed by atoms with Gasteiger partial charge >= 0.3 is 5.97 Å². The van der Waals surface area contributed by atoms with Gasteiger partial charge in [0.1, 0.15) is 5.69 Å². The highest BCUT2D eigenvalue weighted by atomic mass is 79.9. The zero-order valence-electron chi connectivity index (χ0n) is 8.68. The molecule has 0 bridgehead atoms. The summed E-state index contributed by atoms with van der Waals surface area (Å²) in [5.41, 5.74) is 1.43. The summed E-state index contributed by atoms with van der Waals surface area (Å²) in [6.07, 6.45) is 1.83. The van der Waals surface area contributed by atoms with Crippen molar-refractivity contribution in [3.05, 3.63) is 52.8 Å². The molecule has 0 aliphatic rings. The van der Waals surface area contributed by atoms with E-state index in [0.717, 1.165) is 10.2 Å². The highest BCUT2D eigenvalue weighted by molar-refractivity contribution is 9.10. The summed E-state index contributed by atoms with van der Waals surface area (Å²) in [7, 11) is 1.37. The lowest BCUT2D eigenvalue weighted by Crippen LogP contribution is -2.08. The molecule has 82 valence electrons. The number of methoxy groups -OCH3 is 1. The van der Waals surface area contributed by atoms with Crippen molar-refractivity contribution in [1.29, 1.82) is 0 Å². The van der Waals surface area contributed by atoms with E-state index in [-0.39, 0.29) is 5.97 Å². The van der Waals surface area contributed by atoms with Gasteiger partial charge in [0.25, 0.3) is 0 Å². The van der Waals surface area contributed by atoms with E-state index >= 15 is 0 Å². The maximum Gasteiger partial charge on any atom is 0.355 e. The Kier molecular flexibility index (Phi) is 3.10. The standard InChI is InChI=1S/C12H10BrNO2/c1-16-12(15)11-7-9(13)8-14(11)10-5-3-2-4-6-10/h2-8H,1H3. The fourth-order valence-electron chi connectivity index (χ4n) is 1.49. The average molecular weight is 280 g/mol. The van der Waals surface area contributed by atoms with Gasteiger partial charge in [0, 0.05) is 16.4 Å². The molecule has 2 aromatic rings. The van der Waals surface area contributed by atoms with E-state index in [0.29, 0.717) is 5.69 Å². The molecule has 0 spiro atoms. The zero-order valence-corrected chi connectivity index (χ0v) is 10.3. The van der Waals surface area contributed by atoms with Gasteiger partial charge in [-0.3, -0.25) is 0 Å². The summed E-state index contributed by atoms with van der Waals surface area (Å²) < 4.78 is 7.36. The van der Waals surface area contributed by atoms with E-state index in [9.17, 15) is 4.79 Å². The van der Waals surface area contributed by atoms with Crippen molar-refractivity contribution >= 4 is 21.9 Å². The zero-order chi connectivity index (χ0) is 11.5. The van der Waals surface area contributed by atoms with Crippen molar-refractivity contribution in [2.45, 2.75) is 0 Å². The van der Waals surface area contributed by atoms with Crippen LogP contribution in [0.2, 0.25) is 0 Å². The number of halogens is 1. The Labute approximate surface area is 102 Å². The Morgan fingerprint density at radius 3 is 2.62 bits per heavy atom. The third kappa shape index (κ3) is 2.02. The number of hydrogen-bond donors (Lipinski definition) is 0. The van der Waals surface area contributed by atoms with Crippen LogP contribution < -0.4 is 0 Å². The summed E-state index contributed by atoms with van der Waals surface area (Å²) in [5.74, 6) is -0.352. The summed E-state index contributed by atoms with van der Waals surface area (Å²) in [6.45, 7) is 0.